The van der Waals surface area contributed by atoms with Crippen LogP contribution in [-0.4, -0.2) is 18.1 Å². The van der Waals surface area contributed by atoms with Crippen molar-refractivity contribution in [3.05, 3.63) is 65.6 Å². The summed E-state index contributed by atoms with van der Waals surface area (Å²) in [5, 5.41) is 5.76. The molecule has 3 aromatic rings. The molecule has 2 aromatic heterocycles. The van der Waals surface area contributed by atoms with E-state index in [0.29, 0.717) is 11.5 Å². The molecule has 25 heavy (non-hydrogen) atoms. The van der Waals surface area contributed by atoms with Crippen LogP contribution in [0, 0.1) is 0 Å². The van der Waals surface area contributed by atoms with Crippen molar-refractivity contribution in [2.24, 2.45) is 0 Å². The molecule has 0 amide bonds. The van der Waals surface area contributed by atoms with Gasteiger partial charge in [0.25, 0.3) is 0 Å². The number of carbonyl (C=O) groups excluding carboxylic acids is 1. The Labute approximate surface area is 148 Å². The third kappa shape index (κ3) is 4.95. The number of esters is 1. The lowest BCUT2D eigenvalue weighted by molar-refractivity contribution is -0.139. The molecule has 6 nitrogen and oxygen atoms in total. The molecule has 0 radical (unpaired) electrons. The highest BCUT2D eigenvalue weighted by atomic mass is 32.1. The van der Waals surface area contributed by atoms with Gasteiger partial charge in [-0.15, -0.1) is 11.3 Å². The number of thiazole rings is 1. The summed E-state index contributed by atoms with van der Waals surface area (Å²) >= 11 is 1.44. The first-order chi connectivity index (χ1) is 12.2. The van der Waals surface area contributed by atoms with Crippen LogP contribution in [0.4, 0.5) is 10.8 Å². The fourth-order valence-electron chi connectivity index (χ4n) is 1.96. The predicted octanol–water partition coefficient (Wildman–Crippen LogP) is 4.24. The minimum Gasteiger partial charge on any atom is -0.497 e. The number of aromatic nitrogens is 1. The number of hydrogen-bond acceptors (Lipinski definition) is 7. The van der Waals surface area contributed by atoms with Crippen LogP contribution in [0.3, 0.4) is 0 Å². The number of hydrogen-bond donors (Lipinski definition) is 1. The first-order valence-electron chi connectivity index (χ1n) is 7.47. The van der Waals surface area contributed by atoms with Gasteiger partial charge in [0.1, 0.15) is 18.1 Å². The Morgan fingerprint density at radius 2 is 2.16 bits per heavy atom. The molecule has 0 aliphatic carbocycles. The molecule has 0 spiro atoms. The fraction of sp³-hybridized carbons (Fsp3) is 0.111. The Hall–Kier alpha value is -3.06. The Balaban J connectivity index is 1.50. The second-order valence-corrected chi connectivity index (χ2v) is 5.81. The van der Waals surface area contributed by atoms with Gasteiger partial charge in [-0.3, -0.25) is 0 Å². The Morgan fingerprint density at radius 1 is 1.32 bits per heavy atom. The molecular weight excluding hydrogens is 340 g/mol. The monoisotopic (exact) mass is 356 g/mol. The molecule has 0 unspecified atom stereocenters. The normalized spacial score (nSPS) is 10.8. The van der Waals surface area contributed by atoms with Gasteiger partial charge < -0.3 is 19.2 Å². The van der Waals surface area contributed by atoms with Crippen LogP contribution in [0.2, 0.25) is 0 Å². The highest BCUT2D eigenvalue weighted by molar-refractivity contribution is 7.13. The van der Waals surface area contributed by atoms with Crippen LogP contribution in [0.25, 0.3) is 6.08 Å². The van der Waals surface area contributed by atoms with E-state index in [4.69, 9.17) is 13.9 Å². The van der Waals surface area contributed by atoms with Crippen LogP contribution < -0.4 is 10.1 Å². The highest BCUT2D eigenvalue weighted by Gasteiger charge is 2.05. The quantitative estimate of drug-likeness (QED) is 0.504. The molecule has 3 rings (SSSR count). The first-order valence-corrected chi connectivity index (χ1v) is 8.35. The summed E-state index contributed by atoms with van der Waals surface area (Å²) in [6, 6.07) is 11.0. The number of nitrogens with zero attached hydrogens (tertiary/aromatic N) is 1. The number of carbonyl (C=O) groups is 1. The van der Waals surface area contributed by atoms with Gasteiger partial charge >= 0.3 is 5.97 Å². The summed E-state index contributed by atoms with van der Waals surface area (Å²) in [6.07, 6.45) is 4.42. The first kappa shape index (κ1) is 16.8. The van der Waals surface area contributed by atoms with Crippen LogP contribution >= 0.6 is 11.3 Å². The van der Waals surface area contributed by atoms with Crippen molar-refractivity contribution in [3.63, 3.8) is 0 Å². The molecule has 7 heteroatoms. The van der Waals surface area contributed by atoms with Gasteiger partial charge in [0.05, 0.1) is 19.1 Å². The van der Waals surface area contributed by atoms with Crippen LogP contribution in [0.1, 0.15) is 11.5 Å². The zero-order chi connectivity index (χ0) is 17.5. The third-order valence-corrected chi connectivity index (χ3v) is 3.99. The Bertz CT molecular complexity index is 838. The van der Waals surface area contributed by atoms with Crippen molar-refractivity contribution < 1.29 is 18.7 Å². The number of rotatable bonds is 7. The summed E-state index contributed by atoms with van der Waals surface area (Å²) in [5.74, 6) is 0.936. The lowest BCUT2D eigenvalue weighted by atomic mass is 10.3. The lowest BCUT2D eigenvalue weighted by Crippen LogP contribution is -2.01. The maximum Gasteiger partial charge on any atom is 0.331 e. The van der Waals surface area contributed by atoms with Crippen molar-refractivity contribution in [1.29, 1.82) is 0 Å². The maximum absolute atomic E-state index is 11.7. The van der Waals surface area contributed by atoms with E-state index in [1.165, 1.54) is 23.7 Å². The van der Waals surface area contributed by atoms with Crippen molar-refractivity contribution in [2.75, 3.05) is 12.4 Å². The number of methoxy groups -OCH3 is 1. The molecule has 0 atom stereocenters. The van der Waals surface area contributed by atoms with Gasteiger partial charge in [-0.05, 0) is 42.5 Å². The van der Waals surface area contributed by atoms with E-state index in [1.807, 2.05) is 29.6 Å². The van der Waals surface area contributed by atoms with Crippen molar-refractivity contribution in [2.45, 2.75) is 6.61 Å². The van der Waals surface area contributed by atoms with Gasteiger partial charge in [-0.1, -0.05) is 0 Å². The SMILES string of the molecule is COc1ccc(Nc2nc(COC(=O)/C=C/c3ccco3)cs2)cc1. The van der Waals surface area contributed by atoms with E-state index in [-0.39, 0.29) is 6.61 Å². The van der Waals surface area contributed by atoms with Crippen molar-refractivity contribution >= 4 is 34.2 Å². The van der Waals surface area contributed by atoms with E-state index in [1.54, 1.807) is 25.3 Å². The topological polar surface area (TPSA) is 73.6 Å². The average Bonchev–Trinajstić information content (AvgIpc) is 3.31. The van der Waals surface area contributed by atoms with Gasteiger partial charge in [0, 0.05) is 17.1 Å². The number of anilines is 2. The summed E-state index contributed by atoms with van der Waals surface area (Å²) in [5.41, 5.74) is 1.58. The number of benzene rings is 1. The molecule has 0 aliphatic rings. The molecule has 1 aromatic carbocycles. The predicted molar refractivity (Wildman–Crippen MR) is 95.9 cm³/mol. The van der Waals surface area contributed by atoms with E-state index < -0.39 is 5.97 Å². The second kappa shape index (κ2) is 8.16. The largest absolute Gasteiger partial charge is 0.497 e. The van der Waals surface area contributed by atoms with E-state index in [9.17, 15) is 4.79 Å². The maximum atomic E-state index is 11.7. The molecule has 0 saturated heterocycles. The average molecular weight is 356 g/mol. The summed E-state index contributed by atoms with van der Waals surface area (Å²) in [6.45, 7) is 0.113. The van der Waals surface area contributed by atoms with Gasteiger partial charge in [-0.25, -0.2) is 9.78 Å². The summed E-state index contributed by atoms with van der Waals surface area (Å²) in [4.78, 5) is 16.1. The Morgan fingerprint density at radius 3 is 2.88 bits per heavy atom. The molecule has 0 saturated carbocycles. The van der Waals surface area contributed by atoms with E-state index >= 15 is 0 Å². The zero-order valence-corrected chi connectivity index (χ0v) is 14.3. The fourth-order valence-corrected chi connectivity index (χ4v) is 2.67. The van der Waals surface area contributed by atoms with Crippen LogP contribution in [-0.2, 0) is 16.1 Å². The highest BCUT2D eigenvalue weighted by Crippen LogP contribution is 2.23. The van der Waals surface area contributed by atoms with Crippen molar-refractivity contribution in [3.8, 4) is 5.75 Å². The minimum atomic E-state index is -0.450. The molecule has 128 valence electrons. The molecule has 2 heterocycles. The smallest absolute Gasteiger partial charge is 0.331 e. The van der Waals surface area contributed by atoms with E-state index in [2.05, 4.69) is 10.3 Å². The minimum absolute atomic E-state index is 0.113. The molecule has 1 N–H and O–H groups in total. The number of nitrogens with one attached hydrogen (secondary N) is 1. The van der Waals surface area contributed by atoms with Gasteiger partial charge in [0.2, 0.25) is 0 Å². The third-order valence-electron chi connectivity index (χ3n) is 3.18. The number of ether oxygens (including phenoxy) is 2. The standard InChI is InChI=1S/C18H16N2O4S/c1-22-15-6-4-13(5-7-15)19-18-20-14(12-25-18)11-24-17(21)9-8-16-3-2-10-23-16/h2-10,12H,11H2,1H3,(H,19,20)/b9-8+. The van der Waals surface area contributed by atoms with Gasteiger partial charge in [0.15, 0.2) is 5.13 Å². The molecular formula is C18H16N2O4S. The lowest BCUT2D eigenvalue weighted by Gasteiger charge is -2.04. The molecule has 0 fully saturated rings. The van der Waals surface area contributed by atoms with E-state index in [0.717, 1.165) is 16.6 Å². The summed E-state index contributed by atoms with van der Waals surface area (Å²) in [7, 11) is 1.63. The van der Waals surface area contributed by atoms with Crippen LogP contribution in [0.15, 0.2) is 58.5 Å². The zero-order valence-electron chi connectivity index (χ0n) is 13.5. The number of furan rings is 1. The second-order valence-electron chi connectivity index (χ2n) is 4.95. The van der Waals surface area contributed by atoms with Gasteiger partial charge in [-0.2, -0.15) is 0 Å². The van der Waals surface area contributed by atoms with Crippen molar-refractivity contribution in [1.82, 2.24) is 4.98 Å². The Kier molecular flexibility index (Phi) is 5.48. The molecule has 0 bridgehead atoms. The summed E-state index contributed by atoms with van der Waals surface area (Å²) < 4.78 is 15.4. The molecule has 0 aliphatic heterocycles. The van der Waals surface area contributed by atoms with Crippen LogP contribution in [0.5, 0.6) is 5.75 Å².